The first-order valence-corrected chi connectivity index (χ1v) is 4.95. The smallest absolute Gasteiger partial charge is 0.175 e. The first-order chi connectivity index (χ1) is 6.86. The molecule has 0 unspecified atom stereocenters. The van der Waals surface area contributed by atoms with Crippen LogP contribution in [0, 0.1) is 0 Å². The molecule has 0 heterocycles. The Hall–Kier alpha value is -0.995. The number of benzene rings is 1. The fourth-order valence-electron chi connectivity index (χ4n) is 1.47. The molecule has 0 atom stereocenters. The first kappa shape index (κ1) is 12.1. The van der Waals surface area contributed by atoms with E-state index < -0.39 is 5.60 Å². The van der Waals surface area contributed by atoms with Crippen LogP contribution in [0.1, 0.15) is 25.0 Å². The number of hydrogen-bond donors (Lipinski definition) is 2. The largest absolute Gasteiger partial charge is 0.410 e. The molecule has 15 heavy (non-hydrogen) atoms. The molecule has 0 aromatic heterocycles. The van der Waals surface area contributed by atoms with Gasteiger partial charge in [0.25, 0.3) is 0 Å². The van der Waals surface area contributed by atoms with Crippen molar-refractivity contribution in [2.24, 2.45) is 5.16 Å². The van der Waals surface area contributed by atoms with Gasteiger partial charge in [-0.05, 0) is 25.5 Å². The van der Waals surface area contributed by atoms with Gasteiger partial charge in [0.1, 0.15) is 7.85 Å². The SMILES string of the molecule is Bc1ccc(/C(Cl)=N/O)cc1C(C)(C)O. The van der Waals surface area contributed by atoms with Crippen LogP contribution in [0.4, 0.5) is 0 Å². The van der Waals surface area contributed by atoms with Crippen LogP contribution in [-0.4, -0.2) is 23.3 Å². The topological polar surface area (TPSA) is 52.8 Å². The van der Waals surface area contributed by atoms with Crippen molar-refractivity contribution < 1.29 is 10.3 Å². The Bertz CT molecular complexity index is 399. The number of oxime groups is 1. The Labute approximate surface area is 94.8 Å². The summed E-state index contributed by atoms with van der Waals surface area (Å²) >= 11 is 5.68. The van der Waals surface area contributed by atoms with E-state index in [-0.39, 0.29) is 5.17 Å². The van der Waals surface area contributed by atoms with E-state index in [4.69, 9.17) is 16.8 Å². The average Bonchev–Trinajstić information content (AvgIpc) is 2.15. The fourth-order valence-corrected chi connectivity index (χ4v) is 1.58. The van der Waals surface area contributed by atoms with Gasteiger partial charge < -0.3 is 10.3 Å². The van der Waals surface area contributed by atoms with Crippen LogP contribution in [0.25, 0.3) is 0 Å². The van der Waals surface area contributed by atoms with Crippen molar-refractivity contribution in [1.29, 1.82) is 0 Å². The lowest BCUT2D eigenvalue weighted by atomic mass is 9.82. The Morgan fingerprint density at radius 1 is 1.47 bits per heavy atom. The Morgan fingerprint density at radius 2 is 2.07 bits per heavy atom. The summed E-state index contributed by atoms with van der Waals surface area (Å²) in [7, 11) is 1.90. The van der Waals surface area contributed by atoms with Gasteiger partial charge in [-0.1, -0.05) is 34.4 Å². The van der Waals surface area contributed by atoms with E-state index in [1.54, 1.807) is 26.0 Å². The normalized spacial score (nSPS) is 12.9. The molecule has 0 amide bonds. The second-order valence-electron chi connectivity index (χ2n) is 3.98. The molecule has 5 heteroatoms. The molecule has 0 spiro atoms. The van der Waals surface area contributed by atoms with Crippen molar-refractivity contribution in [1.82, 2.24) is 0 Å². The standard InChI is InChI=1S/C10H13BClNO2/c1-10(2,14)7-5-6(9(12)13-15)3-4-8(7)11/h3-5,14-15H,11H2,1-2H3/b13-9-. The third kappa shape index (κ3) is 2.73. The van der Waals surface area contributed by atoms with Crippen LogP contribution in [0.15, 0.2) is 23.4 Å². The highest BCUT2D eigenvalue weighted by atomic mass is 35.5. The molecule has 0 radical (unpaired) electrons. The Morgan fingerprint density at radius 3 is 2.53 bits per heavy atom. The maximum absolute atomic E-state index is 9.90. The van der Waals surface area contributed by atoms with Gasteiger partial charge in [0.2, 0.25) is 0 Å². The van der Waals surface area contributed by atoms with E-state index in [0.717, 1.165) is 11.0 Å². The summed E-state index contributed by atoms with van der Waals surface area (Å²) in [4.78, 5) is 0. The lowest BCUT2D eigenvalue weighted by molar-refractivity contribution is 0.0797. The highest BCUT2D eigenvalue weighted by Gasteiger charge is 2.19. The molecule has 0 aliphatic rings. The molecule has 0 aliphatic heterocycles. The van der Waals surface area contributed by atoms with Crippen molar-refractivity contribution in [3.05, 3.63) is 29.3 Å². The van der Waals surface area contributed by atoms with E-state index >= 15 is 0 Å². The minimum absolute atomic E-state index is 0.0144. The van der Waals surface area contributed by atoms with E-state index in [2.05, 4.69) is 5.16 Å². The summed E-state index contributed by atoms with van der Waals surface area (Å²) in [5, 5.41) is 21.4. The highest BCUT2D eigenvalue weighted by molar-refractivity contribution is 6.69. The third-order valence-electron chi connectivity index (χ3n) is 2.22. The Balaban J connectivity index is 3.29. The van der Waals surface area contributed by atoms with Gasteiger partial charge in [-0.15, -0.1) is 0 Å². The molecule has 2 N–H and O–H groups in total. The predicted octanol–water partition coefficient (Wildman–Crippen LogP) is 0.547. The van der Waals surface area contributed by atoms with Crippen LogP contribution in [0.3, 0.4) is 0 Å². The van der Waals surface area contributed by atoms with Crippen LogP contribution >= 0.6 is 11.6 Å². The summed E-state index contributed by atoms with van der Waals surface area (Å²) in [6, 6.07) is 5.29. The van der Waals surface area contributed by atoms with E-state index in [1.165, 1.54) is 0 Å². The molecule has 0 bridgehead atoms. The molecule has 3 nitrogen and oxygen atoms in total. The third-order valence-corrected chi connectivity index (χ3v) is 2.52. The molecule has 1 rings (SSSR count). The molecular formula is C10H13BClNO2. The van der Waals surface area contributed by atoms with Crippen LogP contribution in [0.5, 0.6) is 0 Å². The van der Waals surface area contributed by atoms with Gasteiger partial charge in [0.05, 0.1) is 5.60 Å². The van der Waals surface area contributed by atoms with Gasteiger partial charge in [0, 0.05) is 5.56 Å². The molecular weight excluding hydrogens is 212 g/mol. The quantitative estimate of drug-likeness (QED) is 0.334. The number of hydrogen-bond acceptors (Lipinski definition) is 3. The summed E-state index contributed by atoms with van der Waals surface area (Å²) < 4.78 is 0. The van der Waals surface area contributed by atoms with Gasteiger partial charge in [-0.2, -0.15) is 0 Å². The maximum atomic E-state index is 9.90. The summed E-state index contributed by atoms with van der Waals surface area (Å²) in [5.41, 5.74) is 1.38. The predicted molar refractivity (Wildman–Crippen MR) is 64.0 cm³/mol. The number of aliphatic hydroxyl groups is 1. The van der Waals surface area contributed by atoms with E-state index in [1.807, 2.05) is 13.9 Å². The van der Waals surface area contributed by atoms with Crippen molar-refractivity contribution in [2.45, 2.75) is 19.4 Å². The van der Waals surface area contributed by atoms with Gasteiger partial charge in [-0.25, -0.2) is 0 Å². The lowest BCUT2D eigenvalue weighted by Gasteiger charge is -2.21. The van der Waals surface area contributed by atoms with Crippen molar-refractivity contribution in [3.8, 4) is 0 Å². The van der Waals surface area contributed by atoms with Crippen LogP contribution in [-0.2, 0) is 5.60 Å². The summed E-state index contributed by atoms with van der Waals surface area (Å²) in [6.45, 7) is 3.40. The molecule has 0 saturated heterocycles. The highest BCUT2D eigenvalue weighted by Crippen LogP contribution is 2.19. The second kappa shape index (κ2) is 4.25. The molecule has 80 valence electrons. The average molecular weight is 225 g/mol. The van der Waals surface area contributed by atoms with Crippen molar-refractivity contribution in [2.75, 3.05) is 0 Å². The zero-order valence-electron chi connectivity index (χ0n) is 8.95. The Kier molecular flexibility index (Phi) is 3.42. The minimum Gasteiger partial charge on any atom is -0.410 e. The van der Waals surface area contributed by atoms with Gasteiger partial charge in [-0.3, -0.25) is 0 Å². The number of nitrogens with zero attached hydrogens (tertiary/aromatic N) is 1. The van der Waals surface area contributed by atoms with Crippen LogP contribution in [0.2, 0.25) is 0 Å². The van der Waals surface area contributed by atoms with E-state index in [0.29, 0.717) is 5.56 Å². The second-order valence-corrected chi connectivity index (χ2v) is 4.34. The zero-order chi connectivity index (χ0) is 11.6. The monoisotopic (exact) mass is 225 g/mol. The number of halogens is 1. The van der Waals surface area contributed by atoms with E-state index in [9.17, 15) is 5.11 Å². The lowest BCUT2D eigenvalue weighted by Crippen LogP contribution is -2.26. The maximum Gasteiger partial charge on any atom is 0.175 e. The zero-order valence-corrected chi connectivity index (χ0v) is 9.71. The van der Waals surface area contributed by atoms with Gasteiger partial charge in [0.15, 0.2) is 5.17 Å². The van der Waals surface area contributed by atoms with Crippen molar-refractivity contribution in [3.63, 3.8) is 0 Å². The molecule has 0 aliphatic carbocycles. The fraction of sp³-hybridized carbons (Fsp3) is 0.300. The van der Waals surface area contributed by atoms with Crippen molar-refractivity contribution >= 4 is 30.1 Å². The molecule has 1 aromatic rings. The summed E-state index contributed by atoms with van der Waals surface area (Å²) in [6.07, 6.45) is 0. The number of rotatable bonds is 2. The van der Waals surface area contributed by atoms with Crippen LogP contribution < -0.4 is 5.46 Å². The molecule has 1 aromatic carbocycles. The minimum atomic E-state index is -0.938. The summed E-state index contributed by atoms with van der Waals surface area (Å²) in [5.74, 6) is 0. The molecule has 0 saturated carbocycles. The van der Waals surface area contributed by atoms with Gasteiger partial charge >= 0.3 is 0 Å². The first-order valence-electron chi connectivity index (χ1n) is 4.57. The molecule has 0 fully saturated rings.